The van der Waals surface area contributed by atoms with Gasteiger partial charge in [0.1, 0.15) is 0 Å². The molecule has 0 fully saturated rings. The van der Waals surface area contributed by atoms with Crippen LogP contribution >= 0.6 is 27.3 Å². The number of nitriles is 2. The lowest BCUT2D eigenvalue weighted by Crippen LogP contribution is -2.34. The Morgan fingerprint density at radius 1 is 1.38 bits per heavy atom. The van der Waals surface area contributed by atoms with Gasteiger partial charge in [0, 0.05) is 11.4 Å². The molecule has 1 aromatic rings. The van der Waals surface area contributed by atoms with E-state index in [0.717, 1.165) is 8.66 Å². The Labute approximate surface area is 107 Å². The van der Waals surface area contributed by atoms with E-state index in [0.29, 0.717) is 6.54 Å². The van der Waals surface area contributed by atoms with E-state index >= 15 is 0 Å². The van der Waals surface area contributed by atoms with Crippen LogP contribution < -0.4 is 5.73 Å². The fourth-order valence-electron chi connectivity index (χ4n) is 1.41. The number of halogens is 1. The van der Waals surface area contributed by atoms with Crippen molar-refractivity contribution in [3.63, 3.8) is 0 Å². The van der Waals surface area contributed by atoms with Crippen LogP contribution in [0.5, 0.6) is 0 Å². The summed E-state index contributed by atoms with van der Waals surface area (Å²) in [6.45, 7) is 0.826. The zero-order valence-electron chi connectivity index (χ0n) is 8.56. The summed E-state index contributed by atoms with van der Waals surface area (Å²) in [4.78, 5) is 2.85. The smallest absolute Gasteiger partial charge is 0.0880 e. The van der Waals surface area contributed by atoms with Crippen LogP contribution in [-0.4, -0.2) is 24.5 Å². The van der Waals surface area contributed by atoms with Crippen molar-refractivity contribution in [2.75, 3.05) is 19.6 Å². The van der Waals surface area contributed by atoms with E-state index in [1.165, 1.54) is 0 Å². The molecule has 0 radical (unpaired) electrons. The van der Waals surface area contributed by atoms with Crippen LogP contribution in [-0.2, 0) is 0 Å². The molecule has 0 saturated heterocycles. The summed E-state index contributed by atoms with van der Waals surface area (Å²) in [5.41, 5.74) is 5.71. The van der Waals surface area contributed by atoms with Gasteiger partial charge in [-0.25, -0.2) is 0 Å². The van der Waals surface area contributed by atoms with Crippen LogP contribution in [0.1, 0.15) is 10.9 Å². The highest BCUT2D eigenvalue weighted by molar-refractivity contribution is 9.11. The lowest BCUT2D eigenvalue weighted by Gasteiger charge is -2.25. The summed E-state index contributed by atoms with van der Waals surface area (Å²) in [6, 6.07) is 7.96. The first-order valence-electron chi connectivity index (χ1n) is 4.66. The third-order valence-electron chi connectivity index (χ3n) is 2.13. The second kappa shape index (κ2) is 6.62. The second-order valence-electron chi connectivity index (χ2n) is 3.11. The largest absolute Gasteiger partial charge is 0.329 e. The predicted molar refractivity (Wildman–Crippen MR) is 66.6 cm³/mol. The minimum atomic E-state index is -0.0596. The average Bonchev–Trinajstić information content (AvgIpc) is 2.67. The maximum Gasteiger partial charge on any atom is 0.0880 e. The number of nitrogens with two attached hydrogens (primary N) is 1. The Bertz CT molecular complexity index is 401. The van der Waals surface area contributed by atoms with E-state index in [4.69, 9.17) is 16.3 Å². The van der Waals surface area contributed by atoms with Crippen molar-refractivity contribution in [1.82, 2.24) is 4.90 Å². The van der Waals surface area contributed by atoms with Gasteiger partial charge in [-0.15, -0.1) is 11.3 Å². The highest BCUT2D eigenvalue weighted by Crippen LogP contribution is 2.29. The lowest BCUT2D eigenvalue weighted by atomic mass is 10.2. The van der Waals surface area contributed by atoms with Gasteiger partial charge in [0.25, 0.3) is 0 Å². The molecule has 84 valence electrons. The minimum Gasteiger partial charge on any atom is -0.329 e. The Morgan fingerprint density at radius 2 is 2.00 bits per heavy atom. The van der Waals surface area contributed by atoms with Gasteiger partial charge in [-0.3, -0.25) is 4.90 Å². The third-order valence-corrected chi connectivity index (χ3v) is 3.86. The fraction of sp³-hybridized carbons (Fsp3) is 0.400. The van der Waals surface area contributed by atoms with Gasteiger partial charge < -0.3 is 5.73 Å². The molecule has 1 aromatic heterocycles. The van der Waals surface area contributed by atoms with Crippen molar-refractivity contribution in [3.05, 3.63) is 20.8 Å². The summed E-state index contributed by atoms with van der Waals surface area (Å²) >= 11 is 4.96. The third kappa shape index (κ3) is 3.29. The summed E-state index contributed by atoms with van der Waals surface area (Å²) in [7, 11) is 0. The van der Waals surface area contributed by atoms with Crippen molar-refractivity contribution < 1.29 is 0 Å². The van der Waals surface area contributed by atoms with Gasteiger partial charge in [0.05, 0.1) is 35.1 Å². The summed E-state index contributed by atoms with van der Waals surface area (Å²) in [5.74, 6) is 0. The first-order chi connectivity index (χ1) is 7.72. The van der Waals surface area contributed by atoms with Gasteiger partial charge >= 0.3 is 0 Å². The standard InChI is InChI=1S/C10H11BrN4S/c11-10-2-1-9(16-10)8(7-14)15(5-3-12)6-4-13/h1-2,8H,5-7,14H2. The summed E-state index contributed by atoms with van der Waals surface area (Å²) < 4.78 is 1.02. The van der Waals surface area contributed by atoms with Crippen LogP contribution in [0.25, 0.3) is 0 Å². The Hall–Kier alpha value is -0.920. The quantitative estimate of drug-likeness (QED) is 0.842. The van der Waals surface area contributed by atoms with Crippen molar-refractivity contribution in [1.29, 1.82) is 10.5 Å². The van der Waals surface area contributed by atoms with Crippen LogP contribution in [0, 0.1) is 22.7 Å². The van der Waals surface area contributed by atoms with E-state index in [1.807, 2.05) is 12.1 Å². The van der Waals surface area contributed by atoms with E-state index in [2.05, 4.69) is 28.1 Å². The number of hydrogen-bond acceptors (Lipinski definition) is 5. The first kappa shape index (κ1) is 13.1. The molecule has 0 bridgehead atoms. The molecule has 0 aliphatic carbocycles. The molecule has 0 aliphatic rings. The molecule has 6 heteroatoms. The molecule has 1 unspecified atom stereocenters. The van der Waals surface area contributed by atoms with Crippen molar-refractivity contribution in [2.45, 2.75) is 6.04 Å². The van der Waals surface area contributed by atoms with Gasteiger partial charge in [0.15, 0.2) is 0 Å². The molecular weight excluding hydrogens is 288 g/mol. The molecule has 0 aromatic carbocycles. The van der Waals surface area contributed by atoms with Gasteiger partial charge in [0.2, 0.25) is 0 Å². The Kier molecular flexibility index (Phi) is 5.44. The maximum absolute atomic E-state index is 8.71. The molecule has 0 spiro atoms. The molecule has 1 rings (SSSR count). The number of nitrogens with zero attached hydrogens (tertiary/aromatic N) is 3. The molecule has 1 atom stereocenters. The minimum absolute atomic E-state index is 0.0596. The van der Waals surface area contributed by atoms with Crippen molar-refractivity contribution in [2.24, 2.45) is 5.73 Å². The van der Waals surface area contributed by atoms with E-state index in [-0.39, 0.29) is 19.1 Å². The van der Waals surface area contributed by atoms with Crippen molar-refractivity contribution in [3.8, 4) is 12.1 Å². The number of rotatable bonds is 5. The molecule has 0 aliphatic heterocycles. The number of hydrogen-bond donors (Lipinski definition) is 1. The van der Waals surface area contributed by atoms with Crippen LogP contribution in [0.4, 0.5) is 0 Å². The molecule has 4 nitrogen and oxygen atoms in total. The zero-order valence-corrected chi connectivity index (χ0v) is 11.0. The average molecular weight is 299 g/mol. The molecule has 0 saturated carbocycles. The SMILES string of the molecule is N#CCN(CC#N)C(CN)c1ccc(Br)s1. The van der Waals surface area contributed by atoms with Crippen LogP contribution in [0.3, 0.4) is 0 Å². The molecule has 0 amide bonds. The van der Waals surface area contributed by atoms with E-state index in [9.17, 15) is 0 Å². The van der Waals surface area contributed by atoms with Gasteiger partial charge in [-0.1, -0.05) is 0 Å². The highest BCUT2D eigenvalue weighted by Gasteiger charge is 2.20. The molecule has 2 N–H and O–H groups in total. The van der Waals surface area contributed by atoms with Crippen LogP contribution in [0.15, 0.2) is 15.9 Å². The fourth-order valence-corrected chi connectivity index (χ4v) is 2.98. The number of thiophene rings is 1. The monoisotopic (exact) mass is 298 g/mol. The van der Waals surface area contributed by atoms with Gasteiger partial charge in [-0.05, 0) is 28.1 Å². The maximum atomic E-state index is 8.71. The molecule has 16 heavy (non-hydrogen) atoms. The van der Waals surface area contributed by atoms with E-state index in [1.54, 1.807) is 16.2 Å². The second-order valence-corrected chi connectivity index (χ2v) is 5.61. The summed E-state index contributed by atoms with van der Waals surface area (Å²) in [5, 5.41) is 17.4. The lowest BCUT2D eigenvalue weighted by molar-refractivity contribution is 0.257. The predicted octanol–water partition coefficient (Wildman–Crippen LogP) is 1.86. The van der Waals surface area contributed by atoms with Crippen molar-refractivity contribution >= 4 is 27.3 Å². The Balaban J connectivity index is 2.87. The molecule has 1 heterocycles. The van der Waals surface area contributed by atoms with Gasteiger partial charge in [-0.2, -0.15) is 10.5 Å². The van der Waals surface area contributed by atoms with Crippen LogP contribution in [0.2, 0.25) is 0 Å². The highest BCUT2D eigenvalue weighted by atomic mass is 79.9. The summed E-state index contributed by atoms with van der Waals surface area (Å²) in [6.07, 6.45) is 0. The molecular formula is C10H11BrN4S. The normalized spacial score (nSPS) is 12.1. The Morgan fingerprint density at radius 3 is 2.38 bits per heavy atom. The van der Waals surface area contributed by atoms with E-state index < -0.39 is 0 Å². The zero-order chi connectivity index (χ0) is 12.0. The first-order valence-corrected chi connectivity index (χ1v) is 6.27. The topological polar surface area (TPSA) is 76.8 Å².